The van der Waals surface area contributed by atoms with Crippen molar-refractivity contribution in [2.75, 3.05) is 0 Å². The summed E-state index contributed by atoms with van der Waals surface area (Å²) in [6, 6.07) is 2.62. The zero-order chi connectivity index (χ0) is 12.3. The number of pyridine rings is 1. The molecule has 17 heavy (non-hydrogen) atoms. The van der Waals surface area contributed by atoms with Crippen LogP contribution in [0.25, 0.3) is 0 Å². The Balaban J connectivity index is 0.00000256. The van der Waals surface area contributed by atoms with Crippen molar-refractivity contribution in [1.29, 1.82) is 0 Å². The molecule has 1 rings (SSSR count). The molecule has 1 heterocycles. The SMILES string of the molecule is CC(C)(C)OC(=O)c1ccc(S(=O)[O-])nc1.[Na+]. The molecule has 0 amide bonds. The topological polar surface area (TPSA) is 79.3 Å². The number of aromatic nitrogens is 1. The first kappa shape index (κ1) is 16.7. The van der Waals surface area contributed by atoms with Gasteiger partial charge in [0.05, 0.1) is 5.56 Å². The van der Waals surface area contributed by atoms with Crippen molar-refractivity contribution in [3.63, 3.8) is 0 Å². The Morgan fingerprint density at radius 2 is 2.00 bits per heavy atom. The second-order valence-corrected chi connectivity index (χ2v) is 5.01. The molecular formula is C10H12NNaO4S. The Morgan fingerprint density at radius 1 is 1.41 bits per heavy atom. The molecule has 0 fully saturated rings. The van der Waals surface area contributed by atoms with Crippen LogP contribution in [0.3, 0.4) is 0 Å². The van der Waals surface area contributed by atoms with E-state index in [1.54, 1.807) is 20.8 Å². The molecule has 7 heteroatoms. The van der Waals surface area contributed by atoms with Crippen LogP contribution in [0.2, 0.25) is 0 Å². The van der Waals surface area contributed by atoms with Crippen LogP contribution >= 0.6 is 0 Å². The third-order valence-corrected chi connectivity index (χ3v) is 2.12. The normalized spacial score (nSPS) is 12.5. The van der Waals surface area contributed by atoms with E-state index in [0.717, 1.165) is 0 Å². The Bertz CT molecular complexity index is 413. The summed E-state index contributed by atoms with van der Waals surface area (Å²) in [7, 11) is 0. The Kier molecular flexibility index (Phi) is 6.50. The van der Waals surface area contributed by atoms with Crippen LogP contribution in [0.15, 0.2) is 23.4 Å². The third-order valence-electron chi connectivity index (χ3n) is 1.54. The number of carbonyl (C=O) groups excluding carboxylic acids is 1. The number of esters is 1. The summed E-state index contributed by atoms with van der Waals surface area (Å²) in [6.07, 6.45) is 1.18. The Labute approximate surface area is 125 Å². The molecule has 0 aliphatic carbocycles. The minimum absolute atomic E-state index is 0. The van der Waals surface area contributed by atoms with Crippen molar-refractivity contribution in [1.82, 2.24) is 4.98 Å². The predicted molar refractivity (Wildman–Crippen MR) is 56.6 cm³/mol. The molecule has 1 aromatic heterocycles. The molecule has 0 spiro atoms. The molecule has 0 aliphatic heterocycles. The molecule has 0 radical (unpaired) electrons. The molecule has 88 valence electrons. The number of nitrogens with zero attached hydrogens (tertiary/aromatic N) is 1. The fourth-order valence-electron chi connectivity index (χ4n) is 0.937. The zero-order valence-electron chi connectivity index (χ0n) is 10.2. The van der Waals surface area contributed by atoms with E-state index in [0.29, 0.717) is 0 Å². The first-order chi connectivity index (χ1) is 7.29. The number of rotatable bonds is 2. The van der Waals surface area contributed by atoms with Crippen LogP contribution in [0.1, 0.15) is 31.1 Å². The molecule has 0 saturated heterocycles. The summed E-state index contributed by atoms with van der Waals surface area (Å²) >= 11 is -2.38. The second-order valence-electron chi connectivity index (χ2n) is 4.12. The molecule has 1 unspecified atom stereocenters. The van der Waals surface area contributed by atoms with E-state index >= 15 is 0 Å². The van der Waals surface area contributed by atoms with Gasteiger partial charge in [-0.25, -0.2) is 9.78 Å². The van der Waals surface area contributed by atoms with Gasteiger partial charge in [-0.2, -0.15) is 0 Å². The van der Waals surface area contributed by atoms with Crippen molar-refractivity contribution in [2.45, 2.75) is 31.4 Å². The van der Waals surface area contributed by atoms with Gasteiger partial charge in [-0.15, -0.1) is 0 Å². The fourth-order valence-corrected chi connectivity index (χ4v) is 1.25. The smallest absolute Gasteiger partial charge is 0.767 e. The Hall–Kier alpha value is -0.270. The second kappa shape index (κ2) is 6.61. The van der Waals surface area contributed by atoms with Gasteiger partial charge in [-0.3, -0.25) is 4.21 Å². The van der Waals surface area contributed by atoms with Gasteiger partial charge in [-0.05, 0) is 44.0 Å². The number of ether oxygens (including phenoxy) is 1. The third kappa shape index (κ3) is 5.74. The maximum Gasteiger partial charge on any atom is 1.00 e. The Morgan fingerprint density at radius 3 is 2.35 bits per heavy atom. The van der Waals surface area contributed by atoms with Crippen molar-refractivity contribution in [3.05, 3.63) is 23.9 Å². The van der Waals surface area contributed by atoms with Gasteiger partial charge in [0.15, 0.2) is 0 Å². The van der Waals surface area contributed by atoms with Gasteiger partial charge >= 0.3 is 35.5 Å². The molecule has 1 aromatic rings. The first-order valence-electron chi connectivity index (χ1n) is 4.58. The fraction of sp³-hybridized carbons (Fsp3) is 0.400. The van der Waals surface area contributed by atoms with E-state index in [9.17, 15) is 13.6 Å². The molecule has 0 aromatic carbocycles. The van der Waals surface area contributed by atoms with E-state index in [1.165, 1.54) is 18.3 Å². The largest absolute Gasteiger partial charge is 1.00 e. The standard InChI is InChI=1S/C10H13NO4S.Na/c1-10(2,3)15-9(12)7-4-5-8(11-6-7)16(13)14;/h4-6H,1-3H3,(H,13,14);/q;+1/p-1. The van der Waals surface area contributed by atoms with Crippen molar-refractivity contribution in [2.24, 2.45) is 0 Å². The van der Waals surface area contributed by atoms with Gasteiger partial charge in [0.2, 0.25) is 0 Å². The maximum absolute atomic E-state index is 11.5. The van der Waals surface area contributed by atoms with Crippen LogP contribution < -0.4 is 29.6 Å². The van der Waals surface area contributed by atoms with Crippen LogP contribution in [0, 0.1) is 0 Å². The predicted octanol–water partition coefficient (Wildman–Crippen LogP) is -1.72. The van der Waals surface area contributed by atoms with Crippen LogP contribution in [-0.4, -0.2) is 25.3 Å². The van der Waals surface area contributed by atoms with E-state index in [1.807, 2.05) is 0 Å². The van der Waals surface area contributed by atoms with Crippen molar-refractivity contribution >= 4 is 17.0 Å². The first-order valence-corrected chi connectivity index (χ1v) is 5.66. The summed E-state index contributed by atoms with van der Waals surface area (Å²) < 4.78 is 26.2. The van der Waals surface area contributed by atoms with E-state index in [4.69, 9.17) is 4.74 Å². The molecule has 0 aliphatic rings. The van der Waals surface area contributed by atoms with Gasteiger partial charge in [0.25, 0.3) is 0 Å². The number of carbonyl (C=O) groups is 1. The number of hydrogen-bond donors (Lipinski definition) is 0. The van der Waals surface area contributed by atoms with E-state index in [-0.39, 0.29) is 40.1 Å². The van der Waals surface area contributed by atoms with Gasteiger partial charge in [0.1, 0.15) is 10.6 Å². The van der Waals surface area contributed by atoms with Crippen molar-refractivity contribution in [3.8, 4) is 0 Å². The molecule has 0 N–H and O–H groups in total. The molecular weight excluding hydrogens is 253 g/mol. The zero-order valence-corrected chi connectivity index (χ0v) is 13.0. The molecule has 1 atom stereocenters. The van der Waals surface area contributed by atoms with Gasteiger partial charge in [-0.1, -0.05) is 0 Å². The number of hydrogen-bond acceptors (Lipinski definition) is 5. The minimum Gasteiger partial charge on any atom is -0.767 e. The molecule has 0 bridgehead atoms. The molecule has 0 saturated carbocycles. The summed E-state index contributed by atoms with van der Waals surface area (Å²) in [6.45, 7) is 5.25. The summed E-state index contributed by atoms with van der Waals surface area (Å²) in [5, 5.41) is -0.104. The van der Waals surface area contributed by atoms with Gasteiger partial charge < -0.3 is 9.29 Å². The van der Waals surface area contributed by atoms with Crippen LogP contribution in [-0.2, 0) is 15.8 Å². The van der Waals surface area contributed by atoms with Crippen LogP contribution in [0.5, 0.6) is 0 Å². The van der Waals surface area contributed by atoms with E-state index in [2.05, 4.69) is 4.98 Å². The van der Waals surface area contributed by atoms with Crippen molar-refractivity contribution < 1.29 is 47.9 Å². The average Bonchev–Trinajstić information content (AvgIpc) is 2.15. The maximum atomic E-state index is 11.5. The summed E-state index contributed by atoms with van der Waals surface area (Å²) in [5.41, 5.74) is -0.360. The van der Waals surface area contributed by atoms with E-state index < -0.39 is 22.7 Å². The van der Waals surface area contributed by atoms with Gasteiger partial charge in [0, 0.05) is 6.20 Å². The minimum atomic E-state index is -2.38. The monoisotopic (exact) mass is 265 g/mol. The summed E-state index contributed by atoms with van der Waals surface area (Å²) in [5.74, 6) is -0.525. The quantitative estimate of drug-likeness (QED) is 0.361. The van der Waals surface area contributed by atoms with Crippen LogP contribution in [0.4, 0.5) is 0 Å². The summed E-state index contributed by atoms with van der Waals surface area (Å²) in [4.78, 5) is 15.1. The molecule has 5 nitrogen and oxygen atoms in total. The average molecular weight is 265 g/mol.